The lowest BCUT2D eigenvalue weighted by Crippen LogP contribution is -2.10. The topological polar surface area (TPSA) is 73.6 Å². The normalized spacial score (nSPS) is 10.8. The van der Waals surface area contributed by atoms with Gasteiger partial charge in [0.15, 0.2) is 5.78 Å². The van der Waals surface area contributed by atoms with Crippen molar-refractivity contribution in [3.63, 3.8) is 0 Å². The molecule has 0 saturated heterocycles. The number of aryl methyl sites for hydroxylation is 3. The first-order valence-corrected chi connectivity index (χ1v) is 9.13. The number of rotatable bonds is 6. The molecule has 3 aromatic rings. The highest BCUT2D eigenvalue weighted by Gasteiger charge is 2.13. The second kappa shape index (κ2) is 8.21. The third-order valence-electron chi connectivity index (χ3n) is 4.84. The summed E-state index contributed by atoms with van der Waals surface area (Å²) < 4.78 is 10.6. The number of ketones is 1. The quantitative estimate of drug-likeness (QED) is 0.360. The van der Waals surface area contributed by atoms with E-state index >= 15 is 0 Å². The van der Waals surface area contributed by atoms with Crippen molar-refractivity contribution in [2.75, 3.05) is 0 Å². The van der Waals surface area contributed by atoms with Crippen molar-refractivity contribution < 1.29 is 18.7 Å². The van der Waals surface area contributed by atoms with Gasteiger partial charge in [-0.1, -0.05) is 42.0 Å². The lowest BCUT2D eigenvalue weighted by molar-refractivity contribution is -0.144. The van der Waals surface area contributed by atoms with Gasteiger partial charge in [0.2, 0.25) is 0 Å². The van der Waals surface area contributed by atoms with Crippen molar-refractivity contribution in [3.8, 4) is 0 Å². The van der Waals surface area contributed by atoms with Gasteiger partial charge in [-0.2, -0.15) is 0 Å². The second-order valence-electron chi connectivity index (χ2n) is 6.92. The molecule has 0 unspecified atom stereocenters. The molecule has 0 amide bonds. The largest absolute Gasteiger partial charge is 0.461 e. The molecule has 0 saturated carbocycles. The number of hydrogen-bond donors (Lipinski definition) is 0. The minimum Gasteiger partial charge on any atom is -0.461 e. The molecule has 0 aliphatic rings. The summed E-state index contributed by atoms with van der Waals surface area (Å²) in [6.45, 7) is 5.73. The van der Waals surface area contributed by atoms with Crippen molar-refractivity contribution in [2.24, 2.45) is 0 Å². The molecule has 1 heterocycles. The van der Waals surface area contributed by atoms with E-state index in [-0.39, 0.29) is 25.2 Å². The fourth-order valence-electron chi connectivity index (χ4n) is 2.97. The molecule has 0 spiro atoms. The van der Waals surface area contributed by atoms with Crippen molar-refractivity contribution >= 4 is 22.7 Å². The average molecular weight is 378 g/mol. The van der Waals surface area contributed by atoms with Crippen LogP contribution in [0.3, 0.4) is 0 Å². The maximum atomic E-state index is 12.2. The Labute approximate surface area is 162 Å². The number of Topliss-reactive ketones (excluding diaryl/α,β-unsaturated/α-hetero) is 1. The summed E-state index contributed by atoms with van der Waals surface area (Å²) in [4.78, 5) is 36.1. The van der Waals surface area contributed by atoms with Crippen molar-refractivity contribution in [1.82, 2.24) is 0 Å². The summed E-state index contributed by atoms with van der Waals surface area (Å²) in [6.07, 6.45) is 0.0715. The summed E-state index contributed by atoms with van der Waals surface area (Å²) in [7, 11) is 0. The highest BCUT2D eigenvalue weighted by molar-refractivity contribution is 5.97. The number of esters is 1. The van der Waals surface area contributed by atoms with Crippen LogP contribution in [0.1, 0.15) is 45.5 Å². The maximum Gasteiger partial charge on any atom is 0.336 e. The van der Waals surface area contributed by atoms with Crippen LogP contribution in [0, 0.1) is 20.8 Å². The summed E-state index contributed by atoms with van der Waals surface area (Å²) in [6, 6.07) is 12.4. The molecule has 0 bridgehead atoms. The van der Waals surface area contributed by atoms with Crippen LogP contribution >= 0.6 is 0 Å². The third-order valence-corrected chi connectivity index (χ3v) is 4.84. The molecule has 0 atom stereocenters. The molecule has 0 radical (unpaired) electrons. The SMILES string of the molecule is Cc1ccc(C(=O)CCC(=O)OCc2cc(=O)oc3c(C)c(C)ccc23)cc1. The molecular formula is C23H22O5. The Morgan fingerprint density at radius 3 is 2.39 bits per heavy atom. The predicted molar refractivity (Wildman–Crippen MR) is 106 cm³/mol. The average Bonchev–Trinajstić information content (AvgIpc) is 2.68. The Bertz CT molecular complexity index is 1090. The fourth-order valence-corrected chi connectivity index (χ4v) is 2.97. The summed E-state index contributed by atoms with van der Waals surface area (Å²) >= 11 is 0. The zero-order valence-corrected chi connectivity index (χ0v) is 16.2. The summed E-state index contributed by atoms with van der Waals surface area (Å²) in [5.41, 5.74) is 4.16. The Balaban J connectivity index is 1.65. The van der Waals surface area contributed by atoms with Crippen molar-refractivity contribution in [1.29, 1.82) is 0 Å². The second-order valence-corrected chi connectivity index (χ2v) is 6.92. The lowest BCUT2D eigenvalue weighted by Gasteiger charge is -2.09. The highest BCUT2D eigenvalue weighted by Crippen LogP contribution is 2.23. The van der Waals surface area contributed by atoms with E-state index in [9.17, 15) is 14.4 Å². The van der Waals surface area contributed by atoms with Gasteiger partial charge in [0, 0.05) is 29.0 Å². The van der Waals surface area contributed by atoms with Crippen LogP contribution in [0.4, 0.5) is 0 Å². The monoisotopic (exact) mass is 378 g/mol. The molecule has 0 aliphatic heterocycles. The zero-order valence-electron chi connectivity index (χ0n) is 16.2. The Morgan fingerprint density at radius 2 is 1.68 bits per heavy atom. The molecular weight excluding hydrogens is 356 g/mol. The van der Waals surface area contributed by atoms with Crippen LogP contribution in [0.5, 0.6) is 0 Å². The highest BCUT2D eigenvalue weighted by atomic mass is 16.5. The van der Waals surface area contributed by atoms with Crippen LogP contribution in [0.25, 0.3) is 11.0 Å². The van der Waals surface area contributed by atoms with Gasteiger partial charge >= 0.3 is 11.6 Å². The van der Waals surface area contributed by atoms with Crippen LogP contribution in [0.15, 0.2) is 51.7 Å². The first-order chi connectivity index (χ1) is 13.3. The van der Waals surface area contributed by atoms with Gasteiger partial charge in [-0.15, -0.1) is 0 Å². The summed E-state index contributed by atoms with van der Waals surface area (Å²) in [5, 5.41) is 0.742. The molecule has 28 heavy (non-hydrogen) atoms. The number of fused-ring (bicyclic) bond motifs is 1. The third kappa shape index (κ3) is 4.36. The fraction of sp³-hybridized carbons (Fsp3) is 0.261. The smallest absolute Gasteiger partial charge is 0.336 e. The van der Waals surface area contributed by atoms with Gasteiger partial charge < -0.3 is 9.15 Å². The molecule has 0 aliphatic carbocycles. The van der Waals surface area contributed by atoms with E-state index in [4.69, 9.17) is 9.15 Å². The minimum absolute atomic E-state index is 0.00970. The van der Waals surface area contributed by atoms with Crippen LogP contribution in [0.2, 0.25) is 0 Å². The lowest BCUT2D eigenvalue weighted by atomic mass is 10.0. The predicted octanol–water partition coefficient (Wildman–Crippen LogP) is 4.42. The molecule has 2 aromatic carbocycles. The van der Waals surface area contributed by atoms with E-state index in [2.05, 4.69) is 0 Å². The molecule has 0 fully saturated rings. The molecule has 0 N–H and O–H groups in total. The number of hydrogen-bond acceptors (Lipinski definition) is 5. The molecule has 5 nitrogen and oxygen atoms in total. The molecule has 3 rings (SSSR count). The van der Waals surface area contributed by atoms with E-state index in [1.54, 1.807) is 12.1 Å². The maximum absolute atomic E-state index is 12.2. The summed E-state index contributed by atoms with van der Waals surface area (Å²) in [5.74, 6) is -0.584. The number of carbonyl (C=O) groups excluding carboxylic acids is 2. The van der Waals surface area contributed by atoms with Crippen molar-refractivity contribution in [2.45, 2.75) is 40.2 Å². The Hall–Kier alpha value is -3.21. The van der Waals surface area contributed by atoms with Gasteiger partial charge in [-0.05, 0) is 31.9 Å². The van der Waals surface area contributed by atoms with Gasteiger partial charge in [0.05, 0.1) is 6.42 Å². The van der Waals surface area contributed by atoms with Gasteiger partial charge in [0.1, 0.15) is 12.2 Å². The first-order valence-electron chi connectivity index (χ1n) is 9.13. The van der Waals surface area contributed by atoms with Gasteiger partial charge in [0.25, 0.3) is 0 Å². The van der Waals surface area contributed by atoms with E-state index in [1.165, 1.54) is 6.07 Å². The van der Waals surface area contributed by atoms with Crippen molar-refractivity contribution in [3.05, 3.63) is 80.7 Å². The molecule has 1 aromatic heterocycles. The zero-order chi connectivity index (χ0) is 20.3. The van der Waals surface area contributed by atoms with E-state index in [0.717, 1.165) is 22.1 Å². The number of ether oxygens (including phenoxy) is 1. The van der Waals surface area contributed by atoms with Crippen LogP contribution < -0.4 is 5.63 Å². The van der Waals surface area contributed by atoms with Gasteiger partial charge in [-0.25, -0.2) is 4.79 Å². The van der Waals surface area contributed by atoms with E-state index in [0.29, 0.717) is 16.7 Å². The van der Waals surface area contributed by atoms with Gasteiger partial charge in [-0.3, -0.25) is 9.59 Å². The molecule has 5 heteroatoms. The number of benzene rings is 2. The Morgan fingerprint density at radius 1 is 0.964 bits per heavy atom. The van der Waals surface area contributed by atoms with E-state index < -0.39 is 11.6 Å². The first kappa shape index (κ1) is 19.5. The Kier molecular flexibility index (Phi) is 5.73. The van der Waals surface area contributed by atoms with Crippen LogP contribution in [-0.4, -0.2) is 11.8 Å². The standard InChI is InChI=1S/C23H22O5/c1-14-4-7-17(8-5-14)20(24)10-11-21(25)27-13-18-12-22(26)28-23-16(3)15(2)6-9-19(18)23/h4-9,12H,10-11,13H2,1-3H3. The molecule has 144 valence electrons. The van der Waals surface area contributed by atoms with Crippen LogP contribution in [-0.2, 0) is 16.1 Å². The minimum atomic E-state index is -0.484. The van der Waals surface area contributed by atoms with E-state index in [1.807, 2.05) is 45.0 Å². The number of carbonyl (C=O) groups is 2.